The summed E-state index contributed by atoms with van der Waals surface area (Å²) in [5, 5.41) is 4.52. The molecule has 0 radical (unpaired) electrons. The summed E-state index contributed by atoms with van der Waals surface area (Å²) in [6, 6.07) is 10.3. The molecule has 3 N–H and O–H groups in total. The second-order valence-corrected chi connectivity index (χ2v) is 5.86. The van der Waals surface area contributed by atoms with E-state index in [9.17, 15) is 0 Å². The molecule has 0 fully saturated rings. The lowest BCUT2D eigenvalue weighted by Gasteiger charge is -2.22. The summed E-state index contributed by atoms with van der Waals surface area (Å²) in [5.74, 6) is 1.03. The fourth-order valence-electron chi connectivity index (χ4n) is 2.03. The molecule has 0 amide bonds. The number of nitrogens with zero attached hydrogens (tertiary/aromatic N) is 1. The highest BCUT2D eigenvalue weighted by Gasteiger charge is 2.19. The summed E-state index contributed by atoms with van der Waals surface area (Å²) in [4.78, 5) is 0. The van der Waals surface area contributed by atoms with Gasteiger partial charge in [-0.15, -0.1) is 0 Å². The van der Waals surface area contributed by atoms with Crippen molar-refractivity contribution < 1.29 is 4.74 Å². The summed E-state index contributed by atoms with van der Waals surface area (Å²) < 4.78 is 9.56. The van der Waals surface area contributed by atoms with Gasteiger partial charge in [-0.1, -0.05) is 44.2 Å². The third-order valence-corrected chi connectivity index (χ3v) is 4.04. The van der Waals surface area contributed by atoms with Crippen LogP contribution in [0.5, 0.6) is 0 Å². The molecule has 1 atom stereocenters. The molecule has 0 aliphatic carbocycles. The number of ether oxygens (including phenoxy) is 1. The molecule has 2 aromatic rings. The number of nitrogens with two attached hydrogens (primary N) is 1. The predicted molar refractivity (Wildman–Crippen MR) is 86.1 cm³/mol. The second kappa shape index (κ2) is 6.72. The Morgan fingerprint density at radius 2 is 2.00 bits per heavy atom. The maximum absolute atomic E-state index is 6.03. The smallest absolute Gasteiger partial charge is 0.147 e. The van der Waals surface area contributed by atoms with Crippen LogP contribution in [0.3, 0.4) is 0 Å². The minimum absolute atomic E-state index is 0.238. The van der Waals surface area contributed by atoms with Gasteiger partial charge in [-0.05, 0) is 23.0 Å². The number of nitrogens with one attached hydrogen (secondary N) is 1. The quantitative estimate of drug-likeness (QED) is 0.855. The van der Waals surface area contributed by atoms with Gasteiger partial charge in [0.25, 0.3) is 0 Å². The van der Waals surface area contributed by atoms with Gasteiger partial charge in [-0.2, -0.15) is 4.37 Å². The van der Waals surface area contributed by atoms with Gasteiger partial charge in [0.15, 0.2) is 0 Å². The Balaban J connectivity index is 2.29. The van der Waals surface area contributed by atoms with Crippen molar-refractivity contribution in [2.45, 2.75) is 19.9 Å². The molecule has 1 unspecified atom stereocenters. The lowest BCUT2D eigenvalue weighted by Crippen LogP contribution is -2.30. The minimum atomic E-state index is 0.238. The van der Waals surface area contributed by atoms with Crippen molar-refractivity contribution in [1.82, 2.24) is 4.37 Å². The molecule has 0 bridgehead atoms. The first-order chi connectivity index (χ1) is 9.63. The van der Waals surface area contributed by atoms with Crippen molar-refractivity contribution in [3.8, 4) is 11.1 Å². The minimum Gasteiger partial charge on any atom is -0.383 e. The van der Waals surface area contributed by atoms with Gasteiger partial charge < -0.3 is 15.8 Å². The largest absolute Gasteiger partial charge is 0.383 e. The van der Waals surface area contributed by atoms with E-state index in [1.54, 1.807) is 7.11 Å². The molecule has 1 heterocycles. The number of nitrogen functional groups attached to an aromatic ring is 1. The molecule has 5 heteroatoms. The zero-order valence-corrected chi connectivity index (χ0v) is 12.9. The molecule has 0 aliphatic rings. The van der Waals surface area contributed by atoms with Crippen molar-refractivity contribution in [1.29, 1.82) is 0 Å². The van der Waals surface area contributed by atoms with E-state index in [0.717, 1.165) is 16.1 Å². The van der Waals surface area contributed by atoms with Gasteiger partial charge >= 0.3 is 0 Å². The number of anilines is 2. The van der Waals surface area contributed by atoms with Gasteiger partial charge in [0.1, 0.15) is 10.8 Å². The van der Waals surface area contributed by atoms with Gasteiger partial charge in [0.05, 0.1) is 18.2 Å². The molecule has 108 valence electrons. The van der Waals surface area contributed by atoms with E-state index in [2.05, 4.69) is 23.5 Å². The Labute approximate surface area is 124 Å². The molecule has 1 aromatic carbocycles. The highest BCUT2D eigenvalue weighted by molar-refractivity contribution is 7.11. The van der Waals surface area contributed by atoms with Crippen LogP contribution < -0.4 is 11.1 Å². The number of hydrogen-bond donors (Lipinski definition) is 2. The van der Waals surface area contributed by atoms with Gasteiger partial charge in [-0.25, -0.2) is 0 Å². The lowest BCUT2D eigenvalue weighted by atomic mass is 10.0. The van der Waals surface area contributed by atoms with Gasteiger partial charge in [0.2, 0.25) is 0 Å². The summed E-state index contributed by atoms with van der Waals surface area (Å²) in [5.41, 5.74) is 8.10. The zero-order chi connectivity index (χ0) is 14.5. The summed E-state index contributed by atoms with van der Waals surface area (Å²) in [7, 11) is 1.72. The molecule has 0 saturated heterocycles. The van der Waals surface area contributed by atoms with Crippen LogP contribution >= 0.6 is 11.5 Å². The second-order valence-electron chi connectivity index (χ2n) is 5.09. The van der Waals surface area contributed by atoms with E-state index >= 15 is 0 Å². The third-order valence-electron chi connectivity index (χ3n) is 3.25. The summed E-state index contributed by atoms with van der Waals surface area (Å²) >= 11 is 1.40. The van der Waals surface area contributed by atoms with Crippen LogP contribution in [-0.2, 0) is 4.74 Å². The first kappa shape index (κ1) is 14.8. The normalized spacial score (nSPS) is 12.6. The average molecular weight is 291 g/mol. The van der Waals surface area contributed by atoms with E-state index in [0.29, 0.717) is 18.3 Å². The lowest BCUT2D eigenvalue weighted by molar-refractivity contribution is 0.171. The highest BCUT2D eigenvalue weighted by Crippen LogP contribution is 2.37. The van der Waals surface area contributed by atoms with Gasteiger partial charge in [-0.3, -0.25) is 0 Å². The number of hydrogen-bond acceptors (Lipinski definition) is 5. The topological polar surface area (TPSA) is 60.2 Å². The van der Waals surface area contributed by atoms with Crippen molar-refractivity contribution in [2.75, 3.05) is 24.8 Å². The Hall–Kier alpha value is -1.59. The fourth-order valence-corrected chi connectivity index (χ4v) is 2.83. The van der Waals surface area contributed by atoms with E-state index < -0.39 is 0 Å². The maximum Gasteiger partial charge on any atom is 0.147 e. The summed E-state index contributed by atoms with van der Waals surface area (Å²) in [6.45, 7) is 5.00. The SMILES string of the molecule is COCC(Nc1snc(N)c1-c1ccccc1)C(C)C. The standard InChI is InChI=1S/C15H21N3OS/c1-10(2)12(9-19-3)17-15-13(14(16)18-20-15)11-7-5-4-6-8-11/h4-8,10,12,17H,9H2,1-3H3,(H2,16,18). The number of benzene rings is 1. The molecule has 0 saturated carbocycles. The van der Waals surface area contributed by atoms with Crippen LogP contribution in [0.15, 0.2) is 30.3 Å². The van der Waals surface area contributed by atoms with E-state index in [4.69, 9.17) is 10.5 Å². The van der Waals surface area contributed by atoms with Crippen LogP contribution in [0, 0.1) is 5.92 Å². The van der Waals surface area contributed by atoms with Crippen molar-refractivity contribution >= 4 is 22.4 Å². The number of methoxy groups -OCH3 is 1. The Morgan fingerprint density at radius 1 is 1.30 bits per heavy atom. The van der Waals surface area contributed by atoms with Crippen molar-refractivity contribution in [3.63, 3.8) is 0 Å². The Kier molecular flexibility index (Phi) is 4.98. The van der Waals surface area contributed by atoms with E-state index in [1.165, 1.54) is 11.5 Å². The molecule has 1 aromatic heterocycles. The monoisotopic (exact) mass is 291 g/mol. The van der Waals surface area contributed by atoms with Crippen LogP contribution in [0.1, 0.15) is 13.8 Å². The average Bonchev–Trinajstić information content (AvgIpc) is 2.80. The van der Waals surface area contributed by atoms with Crippen molar-refractivity contribution in [2.24, 2.45) is 5.92 Å². The molecular weight excluding hydrogens is 270 g/mol. The number of aromatic nitrogens is 1. The first-order valence-electron chi connectivity index (χ1n) is 6.69. The van der Waals surface area contributed by atoms with Gasteiger partial charge in [0, 0.05) is 7.11 Å². The van der Waals surface area contributed by atoms with Crippen LogP contribution in [0.25, 0.3) is 11.1 Å². The predicted octanol–water partition coefficient (Wildman–Crippen LogP) is 3.48. The molecule has 4 nitrogen and oxygen atoms in total. The number of rotatable bonds is 6. The van der Waals surface area contributed by atoms with Crippen molar-refractivity contribution in [3.05, 3.63) is 30.3 Å². The molecular formula is C15H21N3OS. The molecule has 0 spiro atoms. The first-order valence-corrected chi connectivity index (χ1v) is 7.46. The molecule has 0 aliphatic heterocycles. The third kappa shape index (κ3) is 3.29. The van der Waals surface area contributed by atoms with E-state index in [1.807, 2.05) is 30.3 Å². The fraction of sp³-hybridized carbons (Fsp3) is 0.400. The van der Waals surface area contributed by atoms with Crippen LogP contribution in [0.2, 0.25) is 0 Å². The van der Waals surface area contributed by atoms with Crippen LogP contribution in [-0.4, -0.2) is 24.1 Å². The molecule has 20 heavy (non-hydrogen) atoms. The van der Waals surface area contributed by atoms with E-state index in [-0.39, 0.29) is 6.04 Å². The zero-order valence-electron chi connectivity index (χ0n) is 12.1. The van der Waals surface area contributed by atoms with Crippen LogP contribution in [0.4, 0.5) is 10.8 Å². The Bertz CT molecular complexity index is 539. The summed E-state index contributed by atoms with van der Waals surface area (Å²) in [6.07, 6.45) is 0. The highest BCUT2D eigenvalue weighted by atomic mass is 32.1. The Morgan fingerprint density at radius 3 is 2.60 bits per heavy atom. The maximum atomic E-state index is 6.03. The molecule has 2 rings (SSSR count).